The van der Waals surface area contributed by atoms with Crippen LogP contribution in [-0.2, 0) is 4.74 Å². The van der Waals surface area contributed by atoms with E-state index < -0.39 is 0 Å². The van der Waals surface area contributed by atoms with Gasteiger partial charge in [0, 0.05) is 25.1 Å². The van der Waals surface area contributed by atoms with Gasteiger partial charge in [0.05, 0.1) is 23.9 Å². The molecule has 0 spiro atoms. The molecular formula is C19H26N2O3. The molecule has 1 heterocycles. The average molecular weight is 330 g/mol. The van der Waals surface area contributed by atoms with Crippen molar-refractivity contribution in [2.45, 2.75) is 33.1 Å². The lowest BCUT2D eigenvalue weighted by Crippen LogP contribution is -2.26. The zero-order valence-corrected chi connectivity index (χ0v) is 14.7. The number of carbonyl (C=O) groups is 1. The first-order chi connectivity index (χ1) is 11.7. The van der Waals surface area contributed by atoms with E-state index in [1.54, 1.807) is 7.11 Å². The van der Waals surface area contributed by atoms with Gasteiger partial charge in [-0.25, -0.2) is 0 Å². The van der Waals surface area contributed by atoms with E-state index in [0.29, 0.717) is 18.7 Å². The molecule has 24 heavy (non-hydrogen) atoms. The minimum Gasteiger partial charge on any atom is -0.497 e. The van der Waals surface area contributed by atoms with Crippen molar-refractivity contribution in [2.75, 3.05) is 26.9 Å². The van der Waals surface area contributed by atoms with Crippen LogP contribution in [0.3, 0.4) is 0 Å². The summed E-state index contributed by atoms with van der Waals surface area (Å²) in [5, 5.41) is 3.83. The lowest BCUT2D eigenvalue weighted by Gasteiger charge is -2.10. The van der Waals surface area contributed by atoms with Crippen LogP contribution in [0.15, 0.2) is 24.3 Å². The second kappa shape index (κ2) is 9.23. The topological polar surface area (TPSA) is 60.5 Å². The smallest absolute Gasteiger partial charge is 0.253 e. The minimum absolute atomic E-state index is 0.0988. The molecule has 0 aliphatic heterocycles. The van der Waals surface area contributed by atoms with Crippen LogP contribution in [-0.4, -0.2) is 37.8 Å². The molecule has 130 valence electrons. The Morgan fingerprint density at radius 1 is 1.21 bits per heavy atom. The molecule has 2 rings (SSSR count). The fourth-order valence-electron chi connectivity index (χ4n) is 2.43. The second-order valence-corrected chi connectivity index (χ2v) is 5.76. The van der Waals surface area contributed by atoms with Crippen LogP contribution in [0.2, 0.25) is 0 Å². The Morgan fingerprint density at radius 2 is 2.00 bits per heavy atom. The number of ether oxygens (including phenoxy) is 2. The number of carbonyl (C=O) groups excluding carboxylic acids is 1. The van der Waals surface area contributed by atoms with Gasteiger partial charge in [-0.3, -0.25) is 9.78 Å². The molecule has 0 aliphatic rings. The third kappa shape index (κ3) is 4.93. The number of pyridine rings is 1. The Labute approximate surface area is 143 Å². The highest BCUT2D eigenvalue weighted by atomic mass is 16.5. The van der Waals surface area contributed by atoms with Crippen molar-refractivity contribution >= 4 is 16.8 Å². The molecule has 1 aromatic carbocycles. The maximum atomic E-state index is 12.4. The number of hydrogen-bond acceptors (Lipinski definition) is 4. The third-order valence-electron chi connectivity index (χ3n) is 3.85. The van der Waals surface area contributed by atoms with Crippen molar-refractivity contribution in [3.05, 3.63) is 35.5 Å². The molecule has 0 saturated carbocycles. The summed E-state index contributed by atoms with van der Waals surface area (Å²) in [6.45, 7) is 6.05. The van der Waals surface area contributed by atoms with E-state index in [4.69, 9.17) is 9.47 Å². The van der Waals surface area contributed by atoms with Crippen molar-refractivity contribution < 1.29 is 14.3 Å². The predicted molar refractivity (Wildman–Crippen MR) is 95.7 cm³/mol. The van der Waals surface area contributed by atoms with Gasteiger partial charge in [0.2, 0.25) is 0 Å². The van der Waals surface area contributed by atoms with Gasteiger partial charge >= 0.3 is 0 Å². The zero-order chi connectivity index (χ0) is 17.4. The van der Waals surface area contributed by atoms with Crippen LogP contribution in [0, 0.1) is 6.92 Å². The summed E-state index contributed by atoms with van der Waals surface area (Å²) in [5.41, 5.74) is 2.18. The van der Waals surface area contributed by atoms with Gasteiger partial charge in [0.25, 0.3) is 5.91 Å². The number of fused-ring (bicyclic) bond motifs is 1. The largest absolute Gasteiger partial charge is 0.497 e. The van der Waals surface area contributed by atoms with Gasteiger partial charge in [-0.1, -0.05) is 13.3 Å². The summed E-state index contributed by atoms with van der Waals surface area (Å²) in [5.74, 6) is 0.655. The first-order valence-electron chi connectivity index (χ1n) is 8.47. The molecule has 0 unspecified atom stereocenters. The number of aryl methyl sites for hydroxylation is 1. The number of nitrogens with zero attached hydrogens (tertiary/aromatic N) is 1. The van der Waals surface area contributed by atoms with Crippen molar-refractivity contribution in [2.24, 2.45) is 0 Å². The van der Waals surface area contributed by atoms with Gasteiger partial charge in [-0.2, -0.15) is 0 Å². The highest BCUT2D eigenvalue weighted by molar-refractivity contribution is 5.98. The molecule has 0 saturated heterocycles. The van der Waals surface area contributed by atoms with Crippen LogP contribution < -0.4 is 10.1 Å². The minimum atomic E-state index is -0.0988. The molecule has 0 radical (unpaired) electrons. The number of aromatic nitrogens is 1. The lowest BCUT2D eigenvalue weighted by molar-refractivity contribution is 0.0939. The van der Waals surface area contributed by atoms with E-state index in [9.17, 15) is 4.79 Å². The second-order valence-electron chi connectivity index (χ2n) is 5.76. The molecule has 5 heteroatoms. The van der Waals surface area contributed by atoms with Crippen LogP contribution in [0.1, 0.15) is 42.2 Å². The van der Waals surface area contributed by atoms with E-state index in [0.717, 1.165) is 48.2 Å². The van der Waals surface area contributed by atoms with E-state index >= 15 is 0 Å². The Kier molecular flexibility index (Phi) is 7.00. The summed E-state index contributed by atoms with van der Waals surface area (Å²) in [6, 6.07) is 7.52. The number of nitrogens with one attached hydrogen (secondary N) is 1. The Hall–Kier alpha value is -2.14. The molecular weight excluding hydrogens is 304 g/mol. The molecule has 1 amide bonds. The summed E-state index contributed by atoms with van der Waals surface area (Å²) in [4.78, 5) is 16.9. The number of methoxy groups -OCH3 is 1. The number of rotatable bonds is 9. The summed E-state index contributed by atoms with van der Waals surface area (Å²) in [6.07, 6.45) is 3.02. The lowest BCUT2D eigenvalue weighted by atomic mass is 10.1. The first kappa shape index (κ1) is 18.2. The van der Waals surface area contributed by atoms with Gasteiger partial charge in [0.1, 0.15) is 5.75 Å². The SMILES string of the molecule is CCCCOCCCNC(=O)c1cc2cc(OC)ccc2nc1C. The predicted octanol–water partition coefficient (Wildman–Crippen LogP) is 3.49. The highest BCUT2D eigenvalue weighted by Crippen LogP contribution is 2.21. The number of benzene rings is 1. The molecule has 0 fully saturated rings. The molecule has 0 aliphatic carbocycles. The van der Waals surface area contributed by atoms with Gasteiger partial charge in [-0.05, 0) is 44.0 Å². The van der Waals surface area contributed by atoms with Crippen LogP contribution in [0.5, 0.6) is 5.75 Å². The Balaban J connectivity index is 1.94. The molecule has 2 aromatic rings. The summed E-state index contributed by atoms with van der Waals surface area (Å²) >= 11 is 0. The highest BCUT2D eigenvalue weighted by Gasteiger charge is 2.11. The van der Waals surface area contributed by atoms with Crippen molar-refractivity contribution in [3.8, 4) is 5.75 Å². The van der Waals surface area contributed by atoms with Crippen molar-refractivity contribution in [1.29, 1.82) is 0 Å². The van der Waals surface area contributed by atoms with Gasteiger partial charge in [-0.15, -0.1) is 0 Å². The maximum Gasteiger partial charge on any atom is 0.253 e. The Bertz CT molecular complexity index is 686. The molecule has 1 N–H and O–H groups in total. The van der Waals surface area contributed by atoms with E-state index in [1.807, 2.05) is 31.2 Å². The molecule has 1 aromatic heterocycles. The number of hydrogen-bond donors (Lipinski definition) is 1. The van der Waals surface area contributed by atoms with Crippen LogP contribution >= 0.6 is 0 Å². The summed E-state index contributed by atoms with van der Waals surface area (Å²) in [7, 11) is 1.62. The van der Waals surface area contributed by atoms with Gasteiger partial charge in [0.15, 0.2) is 0 Å². The molecule has 0 bridgehead atoms. The standard InChI is InChI=1S/C19H26N2O3/c1-4-5-10-24-11-6-9-20-19(22)17-13-15-12-16(23-3)7-8-18(15)21-14(17)2/h7-8,12-13H,4-6,9-11H2,1-3H3,(H,20,22). The van der Waals surface area contributed by atoms with Crippen LogP contribution in [0.25, 0.3) is 10.9 Å². The fraction of sp³-hybridized carbons (Fsp3) is 0.474. The zero-order valence-electron chi connectivity index (χ0n) is 14.7. The normalized spacial score (nSPS) is 10.8. The number of amides is 1. The fourth-order valence-corrected chi connectivity index (χ4v) is 2.43. The van der Waals surface area contributed by atoms with Crippen molar-refractivity contribution in [1.82, 2.24) is 10.3 Å². The quantitative estimate of drug-likeness (QED) is 0.715. The molecule has 0 atom stereocenters. The third-order valence-corrected chi connectivity index (χ3v) is 3.85. The average Bonchev–Trinajstić information content (AvgIpc) is 2.59. The first-order valence-corrected chi connectivity index (χ1v) is 8.47. The van der Waals surface area contributed by atoms with Crippen LogP contribution in [0.4, 0.5) is 0 Å². The molecule has 5 nitrogen and oxygen atoms in total. The van der Waals surface area contributed by atoms with Gasteiger partial charge < -0.3 is 14.8 Å². The van der Waals surface area contributed by atoms with E-state index in [-0.39, 0.29) is 5.91 Å². The van der Waals surface area contributed by atoms with Crippen molar-refractivity contribution in [3.63, 3.8) is 0 Å². The monoisotopic (exact) mass is 330 g/mol. The Morgan fingerprint density at radius 3 is 2.75 bits per heavy atom. The summed E-state index contributed by atoms with van der Waals surface area (Å²) < 4.78 is 10.7. The maximum absolute atomic E-state index is 12.4. The van der Waals surface area contributed by atoms with E-state index in [1.165, 1.54) is 0 Å². The van der Waals surface area contributed by atoms with E-state index in [2.05, 4.69) is 17.2 Å². The number of unbranched alkanes of at least 4 members (excludes halogenated alkanes) is 1.